The molecule has 0 spiro atoms. The van der Waals surface area contributed by atoms with Crippen LogP contribution in [-0.2, 0) is 12.8 Å². The Morgan fingerprint density at radius 2 is 1.59 bits per heavy atom. The number of unbranched alkanes of at least 4 members (excludes halogenated alkanes) is 1. The van der Waals surface area contributed by atoms with Crippen LogP contribution < -0.4 is 14.2 Å². The summed E-state index contributed by atoms with van der Waals surface area (Å²) in [6.07, 6.45) is 5.18. The summed E-state index contributed by atoms with van der Waals surface area (Å²) in [5.41, 5.74) is 6.64. The number of hydrogen-bond acceptors (Lipinski definition) is 5. The Hall–Kier alpha value is -3.31. The highest BCUT2D eigenvalue weighted by molar-refractivity contribution is 7.07. The maximum Gasteiger partial charge on any atom is 0.127 e. The number of ether oxygens (including phenoxy) is 3. The van der Waals surface area contributed by atoms with Crippen LogP contribution in [0.1, 0.15) is 37.3 Å². The van der Waals surface area contributed by atoms with Crippen molar-refractivity contribution < 1.29 is 14.2 Å². The van der Waals surface area contributed by atoms with Gasteiger partial charge in [-0.15, -0.1) is 11.3 Å². The molecule has 0 N–H and O–H groups in total. The average Bonchev–Trinajstić information content (AvgIpc) is 3.41. The number of hydrogen-bond donors (Lipinski definition) is 0. The fourth-order valence-electron chi connectivity index (χ4n) is 3.82. The van der Waals surface area contributed by atoms with Gasteiger partial charge in [0, 0.05) is 10.9 Å². The van der Waals surface area contributed by atoms with E-state index in [1.165, 1.54) is 16.7 Å². The van der Waals surface area contributed by atoms with E-state index < -0.39 is 0 Å². The highest BCUT2D eigenvalue weighted by Crippen LogP contribution is 2.30. The van der Waals surface area contributed by atoms with Crippen LogP contribution in [0.25, 0.3) is 11.3 Å². The lowest BCUT2D eigenvalue weighted by atomic mass is 10.1. The fraction of sp³-hybridized carbons (Fsp3) is 0.276. The Morgan fingerprint density at radius 3 is 2.29 bits per heavy atom. The predicted octanol–water partition coefficient (Wildman–Crippen LogP) is 7.97. The Bertz CT molecular complexity index is 1140. The summed E-state index contributed by atoms with van der Waals surface area (Å²) in [6, 6.07) is 22.4. The third kappa shape index (κ3) is 6.61. The van der Waals surface area contributed by atoms with Crippen LogP contribution in [0.15, 0.2) is 77.6 Å². The molecule has 176 valence electrons. The molecule has 34 heavy (non-hydrogen) atoms. The van der Waals surface area contributed by atoms with E-state index in [1.54, 1.807) is 18.4 Å². The maximum atomic E-state index is 6.15. The topological polar surface area (TPSA) is 40.6 Å². The van der Waals surface area contributed by atoms with Crippen molar-refractivity contribution in [3.63, 3.8) is 0 Å². The number of benzene rings is 3. The van der Waals surface area contributed by atoms with Crippen molar-refractivity contribution in [2.75, 3.05) is 13.7 Å². The van der Waals surface area contributed by atoms with E-state index in [-0.39, 0.29) is 0 Å². The zero-order valence-electron chi connectivity index (χ0n) is 19.8. The highest BCUT2D eigenvalue weighted by atomic mass is 32.1. The summed E-state index contributed by atoms with van der Waals surface area (Å²) in [4.78, 5) is 4.37. The molecule has 0 radical (unpaired) electrons. The number of thiazole rings is 1. The first-order valence-electron chi connectivity index (χ1n) is 11.8. The van der Waals surface area contributed by atoms with Crippen molar-refractivity contribution >= 4 is 11.3 Å². The molecule has 1 heterocycles. The van der Waals surface area contributed by atoms with Gasteiger partial charge in [0.15, 0.2) is 0 Å². The first-order chi connectivity index (χ1) is 16.7. The van der Waals surface area contributed by atoms with E-state index in [0.717, 1.165) is 60.8 Å². The van der Waals surface area contributed by atoms with Gasteiger partial charge >= 0.3 is 0 Å². The van der Waals surface area contributed by atoms with Crippen LogP contribution in [0.5, 0.6) is 23.0 Å². The molecule has 0 saturated heterocycles. The van der Waals surface area contributed by atoms with Gasteiger partial charge in [0.2, 0.25) is 0 Å². The van der Waals surface area contributed by atoms with Gasteiger partial charge in [0.25, 0.3) is 0 Å². The van der Waals surface area contributed by atoms with Gasteiger partial charge in [-0.05, 0) is 79.3 Å². The highest BCUT2D eigenvalue weighted by Gasteiger charge is 2.07. The van der Waals surface area contributed by atoms with Crippen molar-refractivity contribution in [2.45, 2.75) is 39.0 Å². The molecular formula is C29H31NO3S. The fourth-order valence-corrected chi connectivity index (χ4v) is 4.38. The third-order valence-electron chi connectivity index (χ3n) is 5.65. The molecule has 3 aromatic carbocycles. The van der Waals surface area contributed by atoms with E-state index in [4.69, 9.17) is 14.2 Å². The van der Waals surface area contributed by atoms with Crippen molar-refractivity contribution in [2.24, 2.45) is 0 Å². The van der Waals surface area contributed by atoms with Gasteiger partial charge in [-0.2, -0.15) is 0 Å². The van der Waals surface area contributed by atoms with Crippen LogP contribution in [-0.4, -0.2) is 18.7 Å². The second-order valence-corrected chi connectivity index (χ2v) is 8.89. The molecule has 0 aliphatic heterocycles. The Labute approximate surface area is 206 Å². The molecule has 0 aliphatic rings. The largest absolute Gasteiger partial charge is 0.497 e. The zero-order valence-corrected chi connectivity index (χ0v) is 20.6. The Morgan fingerprint density at radius 1 is 0.824 bits per heavy atom. The number of nitrogens with zero attached hydrogens (tertiary/aromatic N) is 1. The van der Waals surface area contributed by atoms with Gasteiger partial charge in [0.05, 0.1) is 24.9 Å². The quantitative estimate of drug-likeness (QED) is 0.196. The first kappa shape index (κ1) is 23.8. The van der Waals surface area contributed by atoms with Crippen LogP contribution in [0.3, 0.4) is 0 Å². The van der Waals surface area contributed by atoms with Crippen LogP contribution in [0, 0.1) is 0 Å². The third-order valence-corrected chi connectivity index (χ3v) is 6.23. The molecule has 0 amide bonds. The summed E-state index contributed by atoms with van der Waals surface area (Å²) in [5.74, 6) is 3.38. The van der Waals surface area contributed by atoms with Gasteiger partial charge in [0.1, 0.15) is 23.0 Å². The average molecular weight is 474 g/mol. The minimum atomic E-state index is 0.715. The molecule has 0 saturated carbocycles. The van der Waals surface area contributed by atoms with Gasteiger partial charge < -0.3 is 14.2 Å². The lowest BCUT2D eigenvalue weighted by Gasteiger charge is -2.14. The molecule has 0 bridgehead atoms. The summed E-state index contributed by atoms with van der Waals surface area (Å²) in [5, 5.41) is 2.08. The van der Waals surface area contributed by atoms with E-state index in [2.05, 4.69) is 47.6 Å². The van der Waals surface area contributed by atoms with Crippen LogP contribution >= 0.6 is 11.3 Å². The molecular weight excluding hydrogens is 442 g/mol. The normalized spacial score (nSPS) is 10.8. The molecule has 4 rings (SSSR count). The maximum absolute atomic E-state index is 6.15. The van der Waals surface area contributed by atoms with E-state index >= 15 is 0 Å². The predicted molar refractivity (Wildman–Crippen MR) is 139 cm³/mol. The van der Waals surface area contributed by atoms with E-state index in [1.807, 2.05) is 41.9 Å². The second kappa shape index (κ2) is 12.2. The molecule has 5 heteroatoms. The standard InChI is InChI=1S/C29H31NO3S/c1-3-6-24-19-27(33-26-14-12-25(31-2)13-15-26)16-17-29(24)32-18-5-4-7-22-8-10-23(11-9-22)28-20-34-21-30-28/h8-17,19-21H,3-7,18H2,1-2H3. The van der Waals surface area contributed by atoms with Gasteiger partial charge in [-0.1, -0.05) is 37.6 Å². The molecule has 0 unspecified atom stereocenters. The second-order valence-electron chi connectivity index (χ2n) is 8.17. The van der Waals surface area contributed by atoms with Gasteiger partial charge in [-0.3, -0.25) is 0 Å². The molecule has 0 fully saturated rings. The first-order valence-corrected chi connectivity index (χ1v) is 12.7. The number of rotatable bonds is 12. The van der Waals surface area contributed by atoms with Crippen molar-refractivity contribution in [3.8, 4) is 34.3 Å². The van der Waals surface area contributed by atoms with E-state index in [0.29, 0.717) is 6.61 Å². The minimum absolute atomic E-state index is 0.715. The Balaban J connectivity index is 1.26. The summed E-state index contributed by atoms with van der Waals surface area (Å²) >= 11 is 1.63. The van der Waals surface area contributed by atoms with E-state index in [9.17, 15) is 0 Å². The minimum Gasteiger partial charge on any atom is -0.497 e. The molecule has 0 atom stereocenters. The monoisotopic (exact) mass is 473 g/mol. The summed E-state index contributed by atoms with van der Waals surface area (Å²) < 4.78 is 17.4. The SMILES string of the molecule is CCCc1cc(Oc2ccc(OC)cc2)ccc1OCCCCc1ccc(-c2cscn2)cc1. The molecule has 0 aliphatic carbocycles. The van der Waals surface area contributed by atoms with Gasteiger partial charge in [-0.25, -0.2) is 4.98 Å². The van der Waals surface area contributed by atoms with Crippen molar-refractivity contribution in [1.29, 1.82) is 0 Å². The number of aromatic nitrogens is 1. The molecule has 4 aromatic rings. The van der Waals surface area contributed by atoms with Crippen LogP contribution in [0.4, 0.5) is 0 Å². The smallest absolute Gasteiger partial charge is 0.127 e. The lowest BCUT2D eigenvalue weighted by Crippen LogP contribution is -2.01. The summed E-state index contributed by atoms with van der Waals surface area (Å²) in [6.45, 7) is 2.90. The summed E-state index contributed by atoms with van der Waals surface area (Å²) in [7, 11) is 1.66. The van der Waals surface area contributed by atoms with Crippen molar-refractivity contribution in [1.82, 2.24) is 4.98 Å². The number of aryl methyl sites for hydroxylation is 2. The lowest BCUT2D eigenvalue weighted by molar-refractivity contribution is 0.303. The van der Waals surface area contributed by atoms with Crippen molar-refractivity contribution in [3.05, 3.63) is 88.7 Å². The Kier molecular flexibility index (Phi) is 8.58. The van der Waals surface area contributed by atoms with Crippen LogP contribution in [0.2, 0.25) is 0 Å². The molecule has 1 aromatic heterocycles. The zero-order chi connectivity index (χ0) is 23.6. The number of methoxy groups -OCH3 is 1. The molecule has 4 nitrogen and oxygen atoms in total.